The van der Waals surface area contributed by atoms with Gasteiger partial charge in [0.2, 0.25) is 5.91 Å². The number of halogens is 2. The SMILES string of the molecule is NC(=O)NC(=O)Cc1ccc(Cl)cc1Cl. The van der Waals surface area contributed by atoms with E-state index in [4.69, 9.17) is 28.9 Å². The van der Waals surface area contributed by atoms with Gasteiger partial charge in [0.1, 0.15) is 0 Å². The normalized spacial score (nSPS) is 9.73. The van der Waals surface area contributed by atoms with E-state index in [0.29, 0.717) is 15.6 Å². The first-order chi connectivity index (χ1) is 6.99. The predicted octanol–water partition coefficient (Wildman–Crippen LogP) is 1.73. The Kier molecular flexibility index (Phi) is 3.94. The van der Waals surface area contributed by atoms with Gasteiger partial charge < -0.3 is 5.73 Å². The van der Waals surface area contributed by atoms with Gasteiger partial charge in [-0.05, 0) is 17.7 Å². The van der Waals surface area contributed by atoms with Crippen molar-refractivity contribution in [1.29, 1.82) is 0 Å². The minimum absolute atomic E-state index is 0.0149. The standard InChI is InChI=1S/C9H8Cl2N2O2/c10-6-2-1-5(7(11)4-6)3-8(14)13-9(12)15/h1-2,4H,3H2,(H3,12,13,14,15). The second-order valence-electron chi connectivity index (χ2n) is 2.82. The van der Waals surface area contributed by atoms with E-state index < -0.39 is 11.9 Å². The van der Waals surface area contributed by atoms with Crippen molar-refractivity contribution in [2.75, 3.05) is 0 Å². The van der Waals surface area contributed by atoms with Crippen LogP contribution in [0.3, 0.4) is 0 Å². The Bertz CT molecular complexity index is 407. The Labute approximate surface area is 96.3 Å². The van der Waals surface area contributed by atoms with E-state index in [1.54, 1.807) is 12.1 Å². The summed E-state index contributed by atoms with van der Waals surface area (Å²) < 4.78 is 0. The fraction of sp³-hybridized carbons (Fsp3) is 0.111. The van der Waals surface area contributed by atoms with E-state index in [2.05, 4.69) is 0 Å². The van der Waals surface area contributed by atoms with E-state index in [-0.39, 0.29) is 6.42 Å². The molecule has 0 aliphatic heterocycles. The molecule has 0 aliphatic rings. The molecule has 0 aromatic heterocycles. The molecule has 0 aliphatic carbocycles. The molecule has 1 aromatic carbocycles. The highest BCUT2D eigenvalue weighted by atomic mass is 35.5. The van der Waals surface area contributed by atoms with Crippen molar-refractivity contribution >= 4 is 35.1 Å². The fourth-order valence-electron chi connectivity index (χ4n) is 1.02. The molecule has 4 nitrogen and oxygen atoms in total. The van der Waals surface area contributed by atoms with Crippen LogP contribution in [0, 0.1) is 0 Å². The van der Waals surface area contributed by atoms with Gasteiger partial charge in [-0.25, -0.2) is 4.79 Å². The van der Waals surface area contributed by atoms with E-state index in [1.807, 2.05) is 5.32 Å². The summed E-state index contributed by atoms with van der Waals surface area (Å²) in [6.07, 6.45) is -0.0149. The Balaban J connectivity index is 2.72. The number of benzene rings is 1. The second kappa shape index (κ2) is 5.00. The maximum atomic E-state index is 11.2. The zero-order chi connectivity index (χ0) is 11.4. The van der Waals surface area contributed by atoms with Crippen molar-refractivity contribution in [3.63, 3.8) is 0 Å². The molecule has 0 atom stereocenters. The lowest BCUT2D eigenvalue weighted by Gasteiger charge is -2.03. The molecule has 15 heavy (non-hydrogen) atoms. The summed E-state index contributed by atoms with van der Waals surface area (Å²) >= 11 is 11.5. The van der Waals surface area contributed by atoms with E-state index in [9.17, 15) is 9.59 Å². The number of hydrogen-bond donors (Lipinski definition) is 2. The number of carbonyl (C=O) groups is 2. The quantitative estimate of drug-likeness (QED) is 0.835. The number of rotatable bonds is 2. The lowest BCUT2D eigenvalue weighted by atomic mass is 10.1. The van der Waals surface area contributed by atoms with E-state index >= 15 is 0 Å². The maximum absolute atomic E-state index is 11.2. The fourth-order valence-corrected chi connectivity index (χ4v) is 1.49. The lowest BCUT2D eigenvalue weighted by Crippen LogP contribution is -2.35. The van der Waals surface area contributed by atoms with Crippen LogP contribution in [0.1, 0.15) is 5.56 Å². The summed E-state index contributed by atoms with van der Waals surface area (Å²) in [5, 5.41) is 2.80. The summed E-state index contributed by atoms with van der Waals surface area (Å²) in [6, 6.07) is 3.87. The highest BCUT2D eigenvalue weighted by Crippen LogP contribution is 2.21. The van der Waals surface area contributed by atoms with Crippen LogP contribution >= 0.6 is 23.2 Å². The molecule has 0 fully saturated rings. The van der Waals surface area contributed by atoms with Crippen molar-refractivity contribution in [3.05, 3.63) is 33.8 Å². The number of imide groups is 1. The van der Waals surface area contributed by atoms with Crippen LogP contribution in [0.2, 0.25) is 10.0 Å². The van der Waals surface area contributed by atoms with E-state index in [1.165, 1.54) is 6.07 Å². The van der Waals surface area contributed by atoms with Gasteiger partial charge in [0, 0.05) is 10.0 Å². The molecule has 0 heterocycles. The summed E-state index contributed by atoms with van der Waals surface area (Å²) in [6.45, 7) is 0. The predicted molar refractivity (Wildman–Crippen MR) is 57.9 cm³/mol. The van der Waals surface area contributed by atoms with Gasteiger partial charge >= 0.3 is 6.03 Å². The Morgan fingerprint density at radius 2 is 2.00 bits per heavy atom. The summed E-state index contributed by atoms with van der Waals surface area (Å²) in [7, 11) is 0. The molecule has 3 amide bonds. The van der Waals surface area contributed by atoms with E-state index in [0.717, 1.165) is 0 Å². The van der Waals surface area contributed by atoms with Gasteiger partial charge in [-0.2, -0.15) is 0 Å². The molecule has 6 heteroatoms. The van der Waals surface area contributed by atoms with Crippen molar-refractivity contribution in [2.24, 2.45) is 5.73 Å². The van der Waals surface area contributed by atoms with Crippen LogP contribution < -0.4 is 11.1 Å². The molecule has 1 rings (SSSR count). The highest BCUT2D eigenvalue weighted by molar-refractivity contribution is 6.35. The topological polar surface area (TPSA) is 72.2 Å². The first kappa shape index (κ1) is 11.8. The number of nitrogens with one attached hydrogen (secondary N) is 1. The Morgan fingerprint density at radius 1 is 1.33 bits per heavy atom. The first-order valence-electron chi connectivity index (χ1n) is 4.02. The molecule has 0 unspecified atom stereocenters. The van der Waals surface area contributed by atoms with Crippen LogP contribution in [-0.2, 0) is 11.2 Å². The summed E-state index contributed by atoms with van der Waals surface area (Å²) in [5.74, 6) is -0.508. The van der Waals surface area contributed by atoms with Gasteiger partial charge in [0.15, 0.2) is 0 Å². The molecule has 80 valence electrons. The molecule has 0 saturated carbocycles. The van der Waals surface area contributed by atoms with Gasteiger partial charge in [-0.1, -0.05) is 29.3 Å². The number of hydrogen-bond acceptors (Lipinski definition) is 2. The molecular weight excluding hydrogens is 239 g/mol. The molecule has 1 aromatic rings. The average molecular weight is 247 g/mol. The molecule has 0 radical (unpaired) electrons. The number of urea groups is 1. The van der Waals surface area contributed by atoms with Crippen LogP contribution in [0.25, 0.3) is 0 Å². The summed E-state index contributed by atoms with van der Waals surface area (Å²) in [4.78, 5) is 21.5. The largest absolute Gasteiger partial charge is 0.351 e. The van der Waals surface area contributed by atoms with Crippen LogP contribution in [0.5, 0.6) is 0 Å². The van der Waals surface area contributed by atoms with Crippen molar-refractivity contribution in [3.8, 4) is 0 Å². The van der Waals surface area contributed by atoms with Gasteiger partial charge in [-0.3, -0.25) is 10.1 Å². The third kappa shape index (κ3) is 3.77. The third-order valence-electron chi connectivity index (χ3n) is 1.63. The smallest absolute Gasteiger partial charge is 0.318 e. The number of nitrogens with two attached hydrogens (primary N) is 1. The van der Waals surface area contributed by atoms with Gasteiger partial charge in [0.05, 0.1) is 6.42 Å². The lowest BCUT2D eigenvalue weighted by molar-refractivity contribution is -0.119. The number of carbonyl (C=O) groups excluding carboxylic acids is 2. The van der Waals surface area contributed by atoms with Crippen LogP contribution in [0.4, 0.5) is 4.79 Å². The summed E-state index contributed by atoms with van der Waals surface area (Å²) in [5.41, 5.74) is 5.37. The zero-order valence-corrected chi connectivity index (χ0v) is 9.10. The third-order valence-corrected chi connectivity index (χ3v) is 2.22. The molecule has 0 spiro atoms. The molecule has 3 N–H and O–H groups in total. The molecule has 0 bridgehead atoms. The van der Waals surface area contributed by atoms with Crippen LogP contribution in [-0.4, -0.2) is 11.9 Å². The minimum Gasteiger partial charge on any atom is -0.351 e. The monoisotopic (exact) mass is 246 g/mol. The van der Waals surface area contributed by atoms with Crippen molar-refractivity contribution in [1.82, 2.24) is 5.32 Å². The van der Waals surface area contributed by atoms with Crippen molar-refractivity contribution < 1.29 is 9.59 Å². The van der Waals surface area contributed by atoms with Gasteiger partial charge in [-0.15, -0.1) is 0 Å². The highest BCUT2D eigenvalue weighted by Gasteiger charge is 2.08. The second-order valence-corrected chi connectivity index (χ2v) is 3.67. The van der Waals surface area contributed by atoms with Crippen molar-refractivity contribution in [2.45, 2.75) is 6.42 Å². The van der Waals surface area contributed by atoms with Gasteiger partial charge in [0.25, 0.3) is 0 Å². The Morgan fingerprint density at radius 3 is 2.53 bits per heavy atom. The zero-order valence-electron chi connectivity index (χ0n) is 7.59. The Hall–Kier alpha value is -1.26. The van der Waals surface area contributed by atoms with Crippen LogP contribution in [0.15, 0.2) is 18.2 Å². The molecule has 0 saturated heterocycles. The number of primary amides is 1. The maximum Gasteiger partial charge on any atom is 0.318 e. The average Bonchev–Trinajstić information content (AvgIpc) is 2.08. The molecular formula is C9H8Cl2N2O2. The first-order valence-corrected chi connectivity index (χ1v) is 4.78. The number of amides is 3. The minimum atomic E-state index is -0.884.